The van der Waals surface area contributed by atoms with Gasteiger partial charge < -0.3 is 15.7 Å². The van der Waals surface area contributed by atoms with Crippen LogP contribution in [0.2, 0.25) is 0 Å². The second-order valence-electron chi connectivity index (χ2n) is 5.89. The van der Waals surface area contributed by atoms with Gasteiger partial charge in [-0.3, -0.25) is 9.98 Å². The first-order valence-corrected chi connectivity index (χ1v) is 8.40. The van der Waals surface area contributed by atoms with Crippen LogP contribution in [0.4, 0.5) is 4.39 Å². The molecule has 2 aromatic rings. The Kier molecular flexibility index (Phi) is 9.50. The molecule has 5 nitrogen and oxygen atoms in total. The minimum atomic E-state index is -0.703. The van der Waals surface area contributed by atoms with Gasteiger partial charge in [-0.1, -0.05) is 12.1 Å². The van der Waals surface area contributed by atoms with Crippen molar-refractivity contribution >= 4 is 29.9 Å². The molecule has 0 aliphatic rings. The van der Waals surface area contributed by atoms with Gasteiger partial charge in [0, 0.05) is 18.9 Å². The van der Waals surface area contributed by atoms with E-state index in [-0.39, 0.29) is 42.4 Å². The van der Waals surface area contributed by atoms with E-state index in [0.29, 0.717) is 18.1 Å². The Morgan fingerprint density at radius 3 is 2.54 bits per heavy atom. The van der Waals surface area contributed by atoms with Crippen LogP contribution in [0.15, 0.2) is 47.7 Å². The van der Waals surface area contributed by atoms with E-state index in [1.165, 1.54) is 6.07 Å². The fraction of sp³-hybridized carbons (Fsp3) is 0.368. The van der Waals surface area contributed by atoms with Crippen LogP contribution in [0.5, 0.6) is 0 Å². The zero-order chi connectivity index (χ0) is 18.2. The van der Waals surface area contributed by atoms with E-state index in [0.717, 1.165) is 11.1 Å². The third kappa shape index (κ3) is 6.53. The minimum absolute atomic E-state index is 0. The summed E-state index contributed by atoms with van der Waals surface area (Å²) in [4.78, 5) is 8.36. The van der Waals surface area contributed by atoms with Crippen molar-refractivity contribution in [2.24, 2.45) is 4.99 Å². The molecule has 0 aliphatic heterocycles. The summed E-state index contributed by atoms with van der Waals surface area (Å²) < 4.78 is 13.8. The third-order valence-corrected chi connectivity index (χ3v) is 3.91. The standard InChI is InChI=1S/C19H25FN4O.HI/c1-4-22-19(23-12-18(25)15-7-9-21-10-8-15)24-14(3)16-6-5-13(2)17(20)11-16;/h5-11,14,18,25H,4,12H2,1-3H3,(H2,22,23,24);1H. The molecule has 1 aromatic heterocycles. The number of benzene rings is 1. The summed E-state index contributed by atoms with van der Waals surface area (Å²) in [5, 5.41) is 16.6. The summed E-state index contributed by atoms with van der Waals surface area (Å²) >= 11 is 0. The van der Waals surface area contributed by atoms with Gasteiger partial charge in [-0.2, -0.15) is 0 Å². The van der Waals surface area contributed by atoms with Gasteiger partial charge in [-0.25, -0.2) is 4.39 Å². The van der Waals surface area contributed by atoms with Crippen molar-refractivity contribution in [3.8, 4) is 0 Å². The summed E-state index contributed by atoms with van der Waals surface area (Å²) in [5.74, 6) is 0.352. The van der Waals surface area contributed by atoms with Gasteiger partial charge in [0.2, 0.25) is 0 Å². The number of aryl methyl sites for hydroxylation is 1. The first-order valence-electron chi connectivity index (χ1n) is 8.40. The van der Waals surface area contributed by atoms with E-state index in [1.807, 2.05) is 19.9 Å². The number of aromatic nitrogens is 1. The van der Waals surface area contributed by atoms with Crippen LogP contribution in [0.25, 0.3) is 0 Å². The van der Waals surface area contributed by atoms with Crippen LogP contribution in [-0.4, -0.2) is 29.1 Å². The number of pyridine rings is 1. The van der Waals surface area contributed by atoms with Gasteiger partial charge >= 0.3 is 0 Å². The summed E-state index contributed by atoms with van der Waals surface area (Å²) in [6, 6.07) is 8.59. The second-order valence-corrected chi connectivity index (χ2v) is 5.89. The highest BCUT2D eigenvalue weighted by molar-refractivity contribution is 14.0. The molecule has 0 saturated heterocycles. The highest BCUT2D eigenvalue weighted by Crippen LogP contribution is 2.16. The van der Waals surface area contributed by atoms with E-state index in [9.17, 15) is 9.50 Å². The summed E-state index contributed by atoms with van der Waals surface area (Å²) in [7, 11) is 0. The van der Waals surface area contributed by atoms with E-state index < -0.39 is 6.10 Å². The fourth-order valence-electron chi connectivity index (χ4n) is 2.36. The molecule has 0 radical (unpaired) electrons. The Hall–Kier alpha value is -1.74. The largest absolute Gasteiger partial charge is 0.386 e. The van der Waals surface area contributed by atoms with E-state index in [1.54, 1.807) is 37.5 Å². The maximum atomic E-state index is 13.8. The number of nitrogens with one attached hydrogen (secondary N) is 2. The molecule has 0 saturated carbocycles. The molecule has 0 aliphatic carbocycles. The molecule has 3 N–H and O–H groups in total. The lowest BCUT2D eigenvalue weighted by atomic mass is 10.1. The highest BCUT2D eigenvalue weighted by atomic mass is 127. The molecule has 2 rings (SSSR count). The Morgan fingerprint density at radius 2 is 1.92 bits per heavy atom. The molecule has 1 heterocycles. The van der Waals surface area contributed by atoms with Crippen molar-refractivity contribution in [2.45, 2.75) is 32.9 Å². The number of aliphatic hydroxyl groups excluding tert-OH is 1. The maximum absolute atomic E-state index is 13.8. The first-order chi connectivity index (χ1) is 12.0. The molecule has 142 valence electrons. The molecule has 7 heteroatoms. The van der Waals surface area contributed by atoms with Gasteiger partial charge in [-0.05, 0) is 55.7 Å². The fourth-order valence-corrected chi connectivity index (χ4v) is 2.36. The average molecular weight is 472 g/mol. The van der Waals surface area contributed by atoms with Crippen molar-refractivity contribution in [1.29, 1.82) is 0 Å². The molecule has 0 spiro atoms. The predicted molar refractivity (Wildman–Crippen MR) is 113 cm³/mol. The van der Waals surface area contributed by atoms with Gasteiger partial charge in [0.15, 0.2) is 5.96 Å². The minimum Gasteiger partial charge on any atom is -0.386 e. The number of halogens is 2. The van der Waals surface area contributed by atoms with Gasteiger partial charge in [-0.15, -0.1) is 24.0 Å². The van der Waals surface area contributed by atoms with Crippen molar-refractivity contribution in [1.82, 2.24) is 15.6 Å². The smallest absolute Gasteiger partial charge is 0.191 e. The Balaban J connectivity index is 0.00000338. The number of guanidine groups is 1. The molecule has 1 aromatic carbocycles. The molecule has 0 bridgehead atoms. The van der Waals surface area contributed by atoms with Crippen LogP contribution >= 0.6 is 24.0 Å². The lowest BCUT2D eigenvalue weighted by Gasteiger charge is -2.19. The Labute approximate surface area is 171 Å². The van der Waals surface area contributed by atoms with E-state index in [4.69, 9.17) is 0 Å². The molecule has 26 heavy (non-hydrogen) atoms. The summed E-state index contributed by atoms with van der Waals surface area (Å²) in [6.07, 6.45) is 2.57. The predicted octanol–water partition coefficient (Wildman–Crippen LogP) is 3.50. The SMILES string of the molecule is CCNC(=NCC(O)c1ccncc1)NC(C)c1ccc(C)c(F)c1.I. The molecule has 0 amide bonds. The lowest BCUT2D eigenvalue weighted by Crippen LogP contribution is -2.39. The Morgan fingerprint density at radius 1 is 1.23 bits per heavy atom. The van der Waals surface area contributed by atoms with Gasteiger partial charge in [0.05, 0.1) is 18.7 Å². The molecule has 0 fully saturated rings. The number of aliphatic hydroxyl groups is 1. The van der Waals surface area contributed by atoms with Crippen LogP contribution in [-0.2, 0) is 0 Å². The molecule has 2 atom stereocenters. The molecular formula is C19H26FIN4O. The molecular weight excluding hydrogens is 446 g/mol. The average Bonchev–Trinajstić information content (AvgIpc) is 2.62. The van der Waals surface area contributed by atoms with Crippen LogP contribution in [0.1, 0.15) is 42.7 Å². The van der Waals surface area contributed by atoms with Crippen molar-refractivity contribution in [3.63, 3.8) is 0 Å². The second kappa shape index (κ2) is 11.1. The number of nitrogens with zero attached hydrogens (tertiary/aromatic N) is 2. The normalized spacial score (nSPS) is 13.5. The highest BCUT2D eigenvalue weighted by Gasteiger charge is 2.11. The summed E-state index contributed by atoms with van der Waals surface area (Å²) in [5.41, 5.74) is 2.23. The Bertz CT molecular complexity index is 712. The zero-order valence-corrected chi connectivity index (χ0v) is 17.6. The van der Waals surface area contributed by atoms with Crippen molar-refractivity contribution in [3.05, 3.63) is 65.2 Å². The third-order valence-electron chi connectivity index (χ3n) is 3.91. The number of aliphatic imine (C=N–C) groups is 1. The monoisotopic (exact) mass is 472 g/mol. The quantitative estimate of drug-likeness (QED) is 0.342. The molecule has 2 unspecified atom stereocenters. The number of hydrogen-bond donors (Lipinski definition) is 3. The van der Waals surface area contributed by atoms with E-state index in [2.05, 4.69) is 20.6 Å². The van der Waals surface area contributed by atoms with Crippen LogP contribution in [0.3, 0.4) is 0 Å². The van der Waals surface area contributed by atoms with E-state index >= 15 is 0 Å². The topological polar surface area (TPSA) is 69.5 Å². The first kappa shape index (κ1) is 22.3. The maximum Gasteiger partial charge on any atom is 0.191 e. The summed E-state index contributed by atoms with van der Waals surface area (Å²) in [6.45, 7) is 6.55. The number of rotatable bonds is 6. The lowest BCUT2D eigenvalue weighted by molar-refractivity contribution is 0.187. The van der Waals surface area contributed by atoms with Gasteiger partial charge in [0.25, 0.3) is 0 Å². The van der Waals surface area contributed by atoms with Crippen molar-refractivity contribution < 1.29 is 9.50 Å². The van der Waals surface area contributed by atoms with Crippen LogP contribution in [0, 0.1) is 12.7 Å². The van der Waals surface area contributed by atoms with Crippen molar-refractivity contribution in [2.75, 3.05) is 13.1 Å². The number of hydrogen-bond acceptors (Lipinski definition) is 3. The van der Waals surface area contributed by atoms with Gasteiger partial charge in [0.1, 0.15) is 5.82 Å². The zero-order valence-electron chi connectivity index (χ0n) is 15.2. The van der Waals surface area contributed by atoms with Crippen LogP contribution < -0.4 is 10.6 Å².